The van der Waals surface area contributed by atoms with E-state index >= 15 is 0 Å². The highest BCUT2D eigenvalue weighted by Gasteiger charge is 2.41. The van der Waals surface area contributed by atoms with Gasteiger partial charge in [0.25, 0.3) is 0 Å². The van der Waals surface area contributed by atoms with Crippen LogP contribution in [0.5, 0.6) is 0 Å². The van der Waals surface area contributed by atoms with Gasteiger partial charge in [0, 0.05) is 4.47 Å². The number of hydrogen-bond acceptors (Lipinski definition) is 1. The second kappa shape index (κ2) is 4.81. The number of benzene rings is 1. The van der Waals surface area contributed by atoms with E-state index in [1.165, 1.54) is 0 Å². The van der Waals surface area contributed by atoms with Gasteiger partial charge in [-0.05, 0) is 37.0 Å². The standard InChI is InChI=1S/C14H17BrO2/c1-10-5-6-11(9-12(10)15)14(13(16)17)7-3-2-4-8-14/h5-6,9H,2-4,7-8H2,1H3,(H,16,17). The topological polar surface area (TPSA) is 37.3 Å². The van der Waals surface area contributed by atoms with Gasteiger partial charge in [0.05, 0.1) is 5.41 Å². The van der Waals surface area contributed by atoms with E-state index in [9.17, 15) is 9.90 Å². The molecule has 1 saturated carbocycles. The SMILES string of the molecule is Cc1ccc(C2(C(=O)O)CCCCC2)cc1Br. The molecule has 0 atom stereocenters. The Balaban J connectivity index is 2.45. The summed E-state index contributed by atoms with van der Waals surface area (Å²) in [5.41, 5.74) is 1.43. The van der Waals surface area contributed by atoms with Gasteiger partial charge in [-0.3, -0.25) is 4.79 Å². The van der Waals surface area contributed by atoms with Crippen molar-refractivity contribution in [2.75, 3.05) is 0 Å². The summed E-state index contributed by atoms with van der Waals surface area (Å²) in [5.74, 6) is -0.673. The lowest BCUT2D eigenvalue weighted by Gasteiger charge is -2.33. The first-order chi connectivity index (χ1) is 8.06. The molecule has 1 aliphatic carbocycles. The number of carboxylic acid groups (broad SMARTS) is 1. The van der Waals surface area contributed by atoms with Gasteiger partial charge in [0.1, 0.15) is 0 Å². The summed E-state index contributed by atoms with van der Waals surface area (Å²) in [4.78, 5) is 11.7. The molecule has 2 rings (SSSR count). The Morgan fingerprint density at radius 2 is 1.94 bits per heavy atom. The Labute approximate surface area is 110 Å². The molecule has 2 nitrogen and oxygen atoms in total. The first-order valence-corrected chi connectivity index (χ1v) is 6.85. The third-order valence-electron chi connectivity index (χ3n) is 3.84. The molecule has 1 aromatic rings. The zero-order chi connectivity index (χ0) is 12.5. The van der Waals surface area contributed by atoms with E-state index in [0.717, 1.165) is 47.7 Å². The maximum absolute atomic E-state index is 11.7. The lowest BCUT2D eigenvalue weighted by atomic mass is 9.69. The molecule has 0 heterocycles. The summed E-state index contributed by atoms with van der Waals surface area (Å²) < 4.78 is 1.00. The Hall–Kier alpha value is -0.830. The van der Waals surface area contributed by atoms with Crippen molar-refractivity contribution in [1.82, 2.24) is 0 Å². The summed E-state index contributed by atoms with van der Waals surface area (Å²) in [6, 6.07) is 5.95. The largest absolute Gasteiger partial charge is 0.481 e. The molecule has 1 aliphatic rings. The molecule has 0 unspecified atom stereocenters. The van der Waals surface area contributed by atoms with Crippen LogP contribution < -0.4 is 0 Å². The first-order valence-electron chi connectivity index (χ1n) is 6.06. The van der Waals surface area contributed by atoms with Crippen molar-refractivity contribution < 1.29 is 9.90 Å². The Bertz CT molecular complexity index is 434. The lowest BCUT2D eigenvalue weighted by Crippen LogP contribution is -2.37. The number of rotatable bonds is 2. The van der Waals surface area contributed by atoms with Gasteiger partial charge in [-0.15, -0.1) is 0 Å². The third-order valence-corrected chi connectivity index (χ3v) is 4.70. The Kier molecular flexibility index (Phi) is 3.57. The molecule has 1 N–H and O–H groups in total. The summed E-state index contributed by atoms with van der Waals surface area (Å²) in [7, 11) is 0. The quantitative estimate of drug-likeness (QED) is 0.894. The van der Waals surface area contributed by atoms with E-state index < -0.39 is 11.4 Å². The molecule has 1 fully saturated rings. The molecule has 0 amide bonds. The molecule has 0 saturated heterocycles. The monoisotopic (exact) mass is 296 g/mol. The highest BCUT2D eigenvalue weighted by atomic mass is 79.9. The molecule has 3 heteroatoms. The number of carboxylic acids is 1. The molecule has 0 spiro atoms. The van der Waals surface area contributed by atoms with Gasteiger partial charge in [-0.1, -0.05) is 47.3 Å². The minimum atomic E-state index is -0.673. The average molecular weight is 297 g/mol. The lowest BCUT2D eigenvalue weighted by molar-refractivity contribution is -0.145. The molecular formula is C14H17BrO2. The summed E-state index contributed by atoms with van der Waals surface area (Å²) in [6.45, 7) is 2.02. The van der Waals surface area contributed by atoms with E-state index in [2.05, 4.69) is 15.9 Å². The second-order valence-corrected chi connectivity index (χ2v) is 5.77. The zero-order valence-corrected chi connectivity index (χ0v) is 11.6. The predicted octanol–water partition coefficient (Wildman–Crippen LogP) is 4.04. The molecule has 92 valence electrons. The normalized spacial score (nSPS) is 18.9. The fourth-order valence-electron chi connectivity index (χ4n) is 2.67. The van der Waals surface area contributed by atoms with Crippen LogP contribution in [0.15, 0.2) is 22.7 Å². The molecule has 0 bridgehead atoms. The van der Waals surface area contributed by atoms with Gasteiger partial charge in [-0.25, -0.2) is 0 Å². The van der Waals surface area contributed by atoms with Crippen LogP contribution in [0.25, 0.3) is 0 Å². The summed E-state index contributed by atoms with van der Waals surface area (Å²) in [5, 5.41) is 9.59. The van der Waals surface area contributed by atoms with Crippen molar-refractivity contribution in [3.05, 3.63) is 33.8 Å². The van der Waals surface area contributed by atoms with E-state index in [1.807, 2.05) is 25.1 Å². The van der Waals surface area contributed by atoms with Gasteiger partial charge in [-0.2, -0.15) is 0 Å². The van der Waals surface area contributed by atoms with Crippen LogP contribution in [0.3, 0.4) is 0 Å². The molecule has 0 radical (unpaired) electrons. The number of aryl methyl sites for hydroxylation is 1. The Morgan fingerprint density at radius 1 is 1.29 bits per heavy atom. The maximum atomic E-state index is 11.7. The van der Waals surface area contributed by atoms with Crippen molar-refractivity contribution in [3.63, 3.8) is 0 Å². The van der Waals surface area contributed by atoms with E-state index in [-0.39, 0.29) is 0 Å². The molecular weight excluding hydrogens is 280 g/mol. The number of aliphatic carboxylic acids is 1. The van der Waals surface area contributed by atoms with Crippen molar-refractivity contribution >= 4 is 21.9 Å². The van der Waals surface area contributed by atoms with Gasteiger partial charge >= 0.3 is 5.97 Å². The van der Waals surface area contributed by atoms with E-state index in [4.69, 9.17) is 0 Å². The number of hydrogen-bond donors (Lipinski definition) is 1. The van der Waals surface area contributed by atoms with E-state index in [1.54, 1.807) is 0 Å². The van der Waals surface area contributed by atoms with Gasteiger partial charge in [0.2, 0.25) is 0 Å². The van der Waals surface area contributed by atoms with E-state index in [0.29, 0.717) is 0 Å². The number of halogens is 1. The fraction of sp³-hybridized carbons (Fsp3) is 0.500. The first kappa shape index (κ1) is 12.6. The second-order valence-electron chi connectivity index (χ2n) is 4.91. The van der Waals surface area contributed by atoms with Gasteiger partial charge < -0.3 is 5.11 Å². The van der Waals surface area contributed by atoms with Crippen LogP contribution in [0.2, 0.25) is 0 Å². The molecule has 17 heavy (non-hydrogen) atoms. The summed E-state index contributed by atoms with van der Waals surface area (Å²) in [6.07, 6.45) is 4.70. The Morgan fingerprint density at radius 3 is 2.47 bits per heavy atom. The van der Waals surface area contributed by atoms with Crippen LogP contribution in [-0.4, -0.2) is 11.1 Å². The smallest absolute Gasteiger partial charge is 0.314 e. The fourth-order valence-corrected chi connectivity index (χ4v) is 3.05. The zero-order valence-electron chi connectivity index (χ0n) is 10.0. The molecule has 1 aromatic carbocycles. The minimum Gasteiger partial charge on any atom is -0.481 e. The predicted molar refractivity (Wildman–Crippen MR) is 71.3 cm³/mol. The van der Waals surface area contributed by atoms with Crippen LogP contribution in [0.4, 0.5) is 0 Å². The van der Waals surface area contributed by atoms with Crippen LogP contribution >= 0.6 is 15.9 Å². The summed E-state index contributed by atoms with van der Waals surface area (Å²) >= 11 is 3.49. The highest BCUT2D eigenvalue weighted by Crippen LogP contribution is 2.40. The van der Waals surface area contributed by atoms with Crippen molar-refractivity contribution in [3.8, 4) is 0 Å². The highest BCUT2D eigenvalue weighted by molar-refractivity contribution is 9.10. The maximum Gasteiger partial charge on any atom is 0.314 e. The van der Waals surface area contributed by atoms with Gasteiger partial charge in [0.15, 0.2) is 0 Å². The van der Waals surface area contributed by atoms with Crippen LogP contribution in [-0.2, 0) is 10.2 Å². The minimum absolute atomic E-state index is 0.658. The van der Waals surface area contributed by atoms with Crippen molar-refractivity contribution in [1.29, 1.82) is 0 Å². The molecule has 0 aromatic heterocycles. The van der Waals surface area contributed by atoms with Crippen molar-refractivity contribution in [2.45, 2.75) is 44.4 Å². The molecule has 0 aliphatic heterocycles. The van der Waals surface area contributed by atoms with Crippen molar-refractivity contribution in [2.24, 2.45) is 0 Å². The van der Waals surface area contributed by atoms with Crippen LogP contribution in [0.1, 0.15) is 43.2 Å². The third kappa shape index (κ3) is 2.25. The average Bonchev–Trinajstić information content (AvgIpc) is 2.33. The van der Waals surface area contributed by atoms with Crippen LogP contribution in [0, 0.1) is 6.92 Å². The number of carbonyl (C=O) groups is 1.